The van der Waals surface area contributed by atoms with Gasteiger partial charge in [-0.2, -0.15) is 0 Å². The van der Waals surface area contributed by atoms with Crippen LogP contribution in [0.4, 0.5) is 25.8 Å². The highest BCUT2D eigenvalue weighted by Gasteiger charge is 2.06. The van der Waals surface area contributed by atoms with Crippen LogP contribution in [0.1, 0.15) is 0 Å². The highest BCUT2D eigenvalue weighted by atomic mass is 32.1. The summed E-state index contributed by atoms with van der Waals surface area (Å²) < 4.78 is 25.8. The Morgan fingerprint density at radius 3 is 2.14 bits per heavy atom. The van der Waals surface area contributed by atoms with Crippen LogP contribution in [0.25, 0.3) is 0 Å². The summed E-state index contributed by atoms with van der Waals surface area (Å²) in [5.41, 5.74) is 0.772. The van der Waals surface area contributed by atoms with Crippen LogP contribution in [0.2, 0.25) is 0 Å². The minimum absolute atomic E-state index is 0.0416. The molecule has 0 aliphatic heterocycles. The van der Waals surface area contributed by atoms with E-state index in [2.05, 4.69) is 10.6 Å². The van der Waals surface area contributed by atoms with Gasteiger partial charge < -0.3 is 10.6 Å². The maximum atomic E-state index is 13.0. The molecule has 2 aromatic rings. The van der Waals surface area contributed by atoms with Gasteiger partial charge in [-0.3, -0.25) is 10.1 Å². The van der Waals surface area contributed by atoms with Gasteiger partial charge in [0.1, 0.15) is 0 Å². The molecule has 108 valence electrons. The number of rotatable bonds is 3. The summed E-state index contributed by atoms with van der Waals surface area (Å²) >= 11 is 5.01. The fourth-order valence-corrected chi connectivity index (χ4v) is 1.77. The lowest BCUT2D eigenvalue weighted by Crippen LogP contribution is -2.19. The van der Waals surface area contributed by atoms with Crippen molar-refractivity contribution in [3.63, 3.8) is 0 Å². The molecule has 0 atom stereocenters. The number of nitrogens with one attached hydrogen (secondary N) is 2. The van der Waals surface area contributed by atoms with Crippen molar-refractivity contribution in [2.45, 2.75) is 0 Å². The van der Waals surface area contributed by atoms with Gasteiger partial charge in [0.25, 0.3) is 5.69 Å². The molecule has 21 heavy (non-hydrogen) atoms. The molecule has 0 aliphatic carbocycles. The van der Waals surface area contributed by atoms with Crippen LogP contribution in [-0.2, 0) is 0 Å². The third-order valence-corrected chi connectivity index (χ3v) is 2.72. The molecule has 2 N–H and O–H groups in total. The van der Waals surface area contributed by atoms with Crippen molar-refractivity contribution in [3.05, 3.63) is 64.2 Å². The largest absolute Gasteiger partial charge is 0.332 e. The third kappa shape index (κ3) is 3.93. The second kappa shape index (κ2) is 6.23. The van der Waals surface area contributed by atoms with Crippen molar-refractivity contribution in [1.29, 1.82) is 0 Å². The Hall–Kier alpha value is -2.61. The number of nitro groups is 1. The zero-order valence-corrected chi connectivity index (χ0v) is 11.3. The number of nitro benzene ring substituents is 1. The molecule has 0 unspecified atom stereocenters. The van der Waals surface area contributed by atoms with E-state index < -0.39 is 16.6 Å². The molecule has 0 heterocycles. The second-order valence-electron chi connectivity index (χ2n) is 4.01. The van der Waals surface area contributed by atoms with Crippen LogP contribution in [0, 0.1) is 21.7 Å². The highest BCUT2D eigenvalue weighted by molar-refractivity contribution is 7.80. The monoisotopic (exact) mass is 309 g/mol. The Kier molecular flexibility index (Phi) is 4.39. The Labute approximate surface area is 123 Å². The van der Waals surface area contributed by atoms with Crippen LogP contribution in [0.5, 0.6) is 0 Å². The van der Waals surface area contributed by atoms with Gasteiger partial charge in [0.05, 0.1) is 4.92 Å². The number of hydrogen-bond acceptors (Lipinski definition) is 3. The quantitative estimate of drug-likeness (QED) is 0.514. The fourth-order valence-electron chi connectivity index (χ4n) is 1.53. The maximum absolute atomic E-state index is 13.0. The second-order valence-corrected chi connectivity index (χ2v) is 4.42. The number of benzene rings is 2. The van der Waals surface area contributed by atoms with Gasteiger partial charge in [-0.15, -0.1) is 0 Å². The predicted molar refractivity (Wildman–Crippen MR) is 79.3 cm³/mol. The van der Waals surface area contributed by atoms with Gasteiger partial charge in [0, 0.05) is 29.6 Å². The lowest BCUT2D eigenvalue weighted by Gasteiger charge is -2.10. The van der Waals surface area contributed by atoms with Gasteiger partial charge in [-0.05, 0) is 36.5 Å². The summed E-state index contributed by atoms with van der Waals surface area (Å²) in [5.74, 6) is -1.94. The summed E-state index contributed by atoms with van der Waals surface area (Å²) in [4.78, 5) is 10.0. The number of halogens is 2. The first kappa shape index (κ1) is 14.8. The van der Waals surface area contributed by atoms with E-state index in [1.54, 1.807) is 0 Å². The molecule has 2 rings (SSSR count). The molecular weight excluding hydrogens is 300 g/mol. The van der Waals surface area contributed by atoms with Crippen molar-refractivity contribution in [2.75, 3.05) is 10.6 Å². The van der Waals surface area contributed by atoms with Crippen LogP contribution < -0.4 is 10.6 Å². The van der Waals surface area contributed by atoms with E-state index in [-0.39, 0.29) is 16.5 Å². The molecule has 0 aliphatic rings. The molecule has 0 spiro atoms. The molecule has 8 heteroatoms. The molecule has 0 saturated heterocycles. The van der Waals surface area contributed by atoms with Gasteiger partial charge in [0.2, 0.25) is 0 Å². The number of nitrogens with zero attached hydrogens (tertiary/aromatic N) is 1. The lowest BCUT2D eigenvalue weighted by atomic mass is 10.3. The van der Waals surface area contributed by atoms with Crippen molar-refractivity contribution >= 4 is 34.4 Å². The average molecular weight is 309 g/mol. The molecule has 2 aromatic carbocycles. The van der Waals surface area contributed by atoms with E-state index in [0.29, 0.717) is 5.69 Å². The standard InChI is InChI=1S/C13H9F2N3O2S/c14-11-6-3-9(7-12(11)15)17-13(21)16-8-1-4-10(5-2-8)18(19)20/h1-7H,(H2,16,17,21). The van der Waals surface area contributed by atoms with Gasteiger partial charge in [-0.1, -0.05) is 0 Å². The van der Waals surface area contributed by atoms with Crippen LogP contribution in [-0.4, -0.2) is 10.0 Å². The molecule has 5 nitrogen and oxygen atoms in total. The topological polar surface area (TPSA) is 67.2 Å². The minimum Gasteiger partial charge on any atom is -0.332 e. The number of hydrogen-bond donors (Lipinski definition) is 2. The van der Waals surface area contributed by atoms with E-state index in [9.17, 15) is 18.9 Å². The van der Waals surface area contributed by atoms with E-state index in [1.807, 2.05) is 0 Å². The van der Waals surface area contributed by atoms with Crippen LogP contribution >= 0.6 is 12.2 Å². The summed E-state index contributed by atoms with van der Waals surface area (Å²) in [6, 6.07) is 8.90. The van der Waals surface area contributed by atoms with Gasteiger partial charge in [-0.25, -0.2) is 8.78 Å². The van der Waals surface area contributed by atoms with E-state index in [1.165, 1.54) is 30.3 Å². The summed E-state index contributed by atoms with van der Waals surface area (Å²) in [5, 5.41) is 16.1. The third-order valence-electron chi connectivity index (χ3n) is 2.51. The first-order chi connectivity index (χ1) is 9.95. The Morgan fingerprint density at radius 2 is 1.57 bits per heavy atom. The van der Waals surface area contributed by atoms with Crippen molar-refractivity contribution in [2.24, 2.45) is 0 Å². The van der Waals surface area contributed by atoms with Crippen LogP contribution in [0.15, 0.2) is 42.5 Å². The number of anilines is 2. The van der Waals surface area contributed by atoms with E-state index in [4.69, 9.17) is 12.2 Å². The zero-order chi connectivity index (χ0) is 15.4. The summed E-state index contributed by atoms with van der Waals surface area (Å²) in [6.07, 6.45) is 0. The van der Waals surface area contributed by atoms with Crippen molar-refractivity contribution < 1.29 is 13.7 Å². The van der Waals surface area contributed by atoms with Gasteiger partial charge in [0.15, 0.2) is 16.7 Å². The minimum atomic E-state index is -0.988. The van der Waals surface area contributed by atoms with Crippen LogP contribution in [0.3, 0.4) is 0 Å². The number of non-ortho nitro benzene ring substituents is 1. The smallest absolute Gasteiger partial charge is 0.269 e. The van der Waals surface area contributed by atoms with Crippen molar-refractivity contribution in [3.8, 4) is 0 Å². The first-order valence-corrected chi connectivity index (χ1v) is 6.14. The van der Waals surface area contributed by atoms with E-state index >= 15 is 0 Å². The van der Waals surface area contributed by atoms with Gasteiger partial charge >= 0.3 is 0 Å². The number of thiocarbonyl (C=S) groups is 1. The molecule has 0 bridgehead atoms. The predicted octanol–water partition coefficient (Wildman–Crippen LogP) is 3.68. The fraction of sp³-hybridized carbons (Fsp3) is 0. The molecular formula is C13H9F2N3O2S. The normalized spacial score (nSPS) is 10.0. The summed E-state index contributed by atoms with van der Waals surface area (Å²) in [6.45, 7) is 0. The SMILES string of the molecule is O=[N+]([O-])c1ccc(NC(=S)Nc2ccc(F)c(F)c2)cc1. The van der Waals surface area contributed by atoms with E-state index in [0.717, 1.165) is 12.1 Å². The summed E-state index contributed by atoms with van der Waals surface area (Å²) in [7, 11) is 0. The molecule has 0 aromatic heterocycles. The maximum Gasteiger partial charge on any atom is 0.269 e. The Balaban J connectivity index is 2.01. The molecule has 0 radical (unpaired) electrons. The first-order valence-electron chi connectivity index (χ1n) is 5.73. The Morgan fingerprint density at radius 1 is 1.00 bits per heavy atom. The Bertz CT molecular complexity index is 692. The highest BCUT2D eigenvalue weighted by Crippen LogP contribution is 2.17. The molecule has 0 amide bonds. The zero-order valence-electron chi connectivity index (χ0n) is 10.5. The molecule has 0 saturated carbocycles. The van der Waals surface area contributed by atoms with Crippen molar-refractivity contribution in [1.82, 2.24) is 0 Å². The average Bonchev–Trinajstić information content (AvgIpc) is 2.43. The lowest BCUT2D eigenvalue weighted by molar-refractivity contribution is -0.384. The molecule has 0 fully saturated rings.